The molecular formula is C6H5N3S2. The quantitative estimate of drug-likeness (QED) is 0.670. The first-order valence-electron chi connectivity index (χ1n) is 3.38. The highest BCUT2D eigenvalue weighted by Crippen LogP contribution is 2.34. The second kappa shape index (κ2) is 2.00. The van der Waals surface area contributed by atoms with Crippen molar-refractivity contribution in [2.24, 2.45) is 0 Å². The number of rotatable bonds is 0. The molecule has 2 aromatic rings. The van der Waals surface area contributed by atoms with E-state index in [4.69, 9.17) is 0 Å². The van der Waals surface area contributed by atoms with Crippen LogP contribution in [0.25, 0.3) is 9.53 Å². The van der Waals surface area contributed by atoms with Crippen LogP contribution in [0.1, 0.15) is 10.4 Å². The fourth-order valence-electron chi connectivity index (χ4n) is 1.36. The molecule has 56 valence electrons. The highest BCUT2D eigenvalue weighted by atomic mass is 32.2. The molecule has 0 bridgehead atoms. The summed E-state index contributed by atoms with van der Waals surface area (Å²) in [4.78, 5) is 1.45. The predicted molar refractivity (Wildman–Crippen MR) is 45.8 cm³/mol. The molecule has 0 atom stereocenters. The first-order chi connectivity index (χ1) is 5.45. The van der Waals surface area contributed by atoms with E-state index in [0.29, 0.717) is 0 Å². The monoisotopic (exact) mass is 183 g/mol. The summed E-state index contributed by atoms with van der Waals surface area (Å²) in [5.74, 6) is 0. The number of nitrogens with zero attached hydrogens (tertiary/aromatic N) is 2. The molecular weight excluding hydrogens is 178 g/mol. The van der Waals surface area contributed by atoms with Crippen LogP contribution in [0.5, 0.6) is 0 Å². The van der Waals surface area contributed by atoms with Crippen molar-refractivity contribution in [1.82, 2.24) is 14.9 Å². The fraction of sp³-hybridized carbons (Fsp3) is 0.333. The Morgan fingerprint density at radius 2 is 2.36 bits per heavy atom. The van der Waals surface area contributed by atoms with E-state index in [1.807, 2.05) is 11.3 Å². The van der Waals surface area contributed by atoms with Gasteiger partial charge >= 0.3 is 0 Å². The molecule has 1 N–H and O–H groups in total. The van der Waals surface area contributed by atoms with Crippen LogP contribution in [0.2, 0.25) is 0 Å². The average molecular weight is 183 g/mol. The van der Waals surface area contributed by atoms with Gasteiger partial charge in [-0.25, -0.2) is 0 Å². The van der Waals surface area contributed by atoms with Gasteiger partial charge in [0, 0.05) is 23.5 Å². The van der Waals surface area contributed by atoms with Gasteiger partial charge in [0.15, 0.2) is 0 Å². The molecule has 3 nitrogen and oxygen atoms in total. The summed E-state index contributed by atoms with van der Waals surface area (Å²) in [6.07, 6.45) is 0. The van der Waals surface area contributed by atoms with Crippen molar-refractivity contribution in [3.63, 3.8) is 0 Å². The summed E-state index contributed by atoms with van der Waals surface area (Å²) in [6.45, 7) is 1.99. The Hall–Kier alpha value is -0.520. The lowest BCUT2D eigenvalue weighted by atomic mass is 10.3. The highest BCUT2D eigenvalue weighted by molar-refractivity contribution is 7.35. The third kappa shape index (κ3) is 0.702. The van der Waals surface area contributed by atoms with E-state index in [9.17, 15) is 0 Å². The maximum atomic E-state index is 4.09. The van der Waals surface area contributed by atoms with Gasteiger partial charge in [0.25, 0.3) is 0 Å². The molecule has 0 spiro atoms. The summed E-state index contributed by atoms with van der Waals surface area (Å²) in [7, 11) is 0. The number of hydrogen-bond acceptors (Lipinski definition) is 5. The standard InChI is InChI=1S/C6H5N3S2/c1-3-4(2-7-1)10-6-5(3)8-9-11-6/h7H,1-2H2. The van der Waals surface area contributed by atoms with Crippen LogP contribution in [0.4, 0.5) is 0 Å². The molecule has 0 aliphatic carbocycles. The van der Waals surface area contributed by atoms with Gasteiger partial charge in [-0.1, -0.05) is 4.49 Å². The summed E-state index contributed by atoms with van der Waals surface area (Å²) in [5, 5.41) is 7.39. The second-order valence-electron chi connectivity index (χ2n) is 2.52. The van der Waals surface area contributed by atoms with Crippen LogP contribution in [-0.4, -0.2) is 9.59 Å². The topological polar surface area (TPSA) is 37.8 Å². The van der Waals surface area contributed by atoms with Crippen molar-refractivity contribution >= 4 is 32.4 Å². The van der Waals surface area contributed by atoms with Crippen LogP contribution < -0.4 is 5.32 Å². The molecule has 0 saturated carbocycles. The molecule has 0 radical (unpaired) electrons. The molecule has 3 heterocycles. The summed E-state index contributed by atoms with van der Waals surface area (Å²) in [5.41, 5.74) is 2.50. The minimum absolute atomic E-state index is 0.973. The third-order valence-corrected chi connectivity index (χ3v) is 3.90. The minimum Gasteiger partial charge on any atom is -0.308 e. The van der Waals surface area contributed by atoms with E-state index in [0.717, 1.165) is 18.6 Å². The lowest BCUT2D eigenvalue weighted by Crippen LogP contribution is -2.00. The van der Waals surface area contributed by atoms with Crippen molar-refractivity contribution in [3.05, 3.63) is 10.4 Å². The van der Waals surface area contributed by atoms with Gasteiger partial charge in [-0.15, -0.1) is 16.4 Å². The van der Waals surface area contributed by atoms with Gasteiger partial charge < -0.3 is 5.32 Å². The Labute approximate surface area is 71.2 Å². The smallest absolute Gasteiger partial charge is 0.129 e. The number of hydrogen-bond donors (Lipinski definition) is 1. The van der Waals surface area contributed by atoms with Crippen LogP contribution in [-0.2, 0) is 13.1 Å². The normalized spacial score (nSPS) is 16.0. The zero-order valence-corrected chi connectivity index (χ0v) is 7.26. The van der Waals surface area contributed by atoms with Gasteiger partial charge in [-0.2, -0.15) is 0 Å². The molecule has 5 heteroatoms. The lowest BCUT2D eigenvalue weighted by molar-refractivity contribution is 0.768. The van der Waals surface area contributed by atoms with Gasteiger partial charge in [-0.3, -0.25) is 0 Å². The molecule has 0 fully saturated rings. The SMILES string of the molecule is C1NCc2c1sc1snnc21. The summed E-state index contributed by atoms with van der Waals surface area (Å²) < 4.78 is 5.19. The highest BCUT2D eigenvalue weighted by Gasteiger charge is 2.18. The van der Waals surface area contributed by atoms with E-state index in [-0.39, 0.29) is 0 Å². The number of nitrogens with one attached hydrogen (secondary N) is 1. The molecule has 0 saturated heterocycles. The Morgan fingerprint density at radius 1 is 1.36 bits per heavy atom. The van der Waals surface area contributed by atoms with Crippen molar-refractivity contribution in [3.8, 4) is 0 Å². The fourth-order valence-corrected chi connectivity index (χ4v) is 3.31. The maximum absolute atomic E-state index is 4.09. The zero-order chi connectivity index (χ0) is 7.26. The molecule has 1 aliphatic rings. The second-order valence-corrected chi connectivity index (χ2v) is 4.63. The number of thiophene rings is 1. The van der Waals surface area contributed by atoms with E-state index in [2.05, 4.69) is 14.9 Å². The predicted octanol–water partition coefficient (Wildman–Crippen LogP) is 1.36. The van der Waals surface area contributed by atoms with E-state index in [1.54, 1.807) is 0 Å². The van der Waals surface area contributed by atoms with Crippen molar-refractivity contribution in [2.45, 2.75) is 13.1 Å². The Morgan fingerprint density at radius 3 is 3.36 bits per heavy atom. The van der Waals surface area contributed by atoms with E-state index >= 15 is 0 Å². The van der Waals surface area contributed by atoms with Gasteiger partial charge in [0.05, 0.1) is 0 Å². The Balaban J connectivity index is 2.46. The van der Waals surface area contributed by atoms with Crippen LogP contribution in [0, 0.1) is 0 Å². The molecule has 0 unspecified atom stereocenters. The molecule has 1 aliphatic heterocycles. The molecule has 2 aromatic heterocycles. The largest absolute Gasteiger partial charge is 0.308 e. The first kappa shape index (κ1) is 6.05. The molecule has 0 aromatic carbocycles. The van der Waals surface area contributed by atoms with E-state index < -0.39 is 0 Å². The molecule has 3 rings (SSSR count). The Bertz CT molecular complexity index is 403. The number of fused-ring (bicyclic) bond motifs is 3. The molecule has 0 amide bonds. The third-order valence-electron chi connectivity index (χ3n) is 1.88. The van der Waals surface area contributed by atoms with Crippen molar-refractivity contribution < 1.29 is 0 Å². The van der Waals surface area contributed by atoms with Crippen LogP contribution >= 0.6 is 22.9 Å². The van der Waals surface area contributed by atoms with Gasteiger partial charge in [-0.05, 0) is 11.5 Å². The van der Waals surface area contributed by atoms with Crippen molar-refractivity contribution in [2.75, 3.05) is 0 Å². The number of aromatic nitrogens is 2. The van der Waals surface area contributed by atoms with Gasteiger partial charge in [0.1, 0.15) is 9.53 Å². The zero-order valence-electron chi connectivity index (χ0n) is 5.63. The maximum Gasteiger partial charge on any atom is 0.129 e. The average Bonchev–Trinajstić information content (AvgIpc) is 2.52. The summed E-state index contributed by atoms with van der Waals surface area (Å²) in [6, 6.07) is 0. The van der Waals surface area contributed by atoms with Crippen LogP contribution in [0.3, 0.4) is 0 Å². The molecule has 11 heavy (non-hydrogen) atoms. The Kier molecular flexibility index (Phi) is 1.10. The first-order valence-corrected chi connectivity index (χ1v) is 4.97. The van der Waals surface area contributed by atoms with Crippen molar-refractivity contribution in [1.29, 1.82) is 0 Å². The van der Waals surface area contributed by atoms with Crippen LogP contribution in [0.15, 0.2) is 0 Å². The van der Waals surface area contributed by atoms with Gasteiger partial charge in [0.2, 0.25) is 0 Å². The lowest BCUT2D eigenvalue weighted by Gasteiger charge is -1.84. The minimum atomic E-state index is 0.973. The van der Waals surface area contributed by atoms with E-state index in [1.165, 1.54) is 26.0 Å². The summed E-state index contributed by atoms with van der Waals surface area (Å²) >= 11 is 3.33.